The summed E-state index contributed by atoms with van der Waals surface area (Å²) >= 11 is 5.89. The van der Waals surface area contributed by atoms with Gasteiger partial charge in [0.2, 0.25) is 21.8 Å². The van der Waals surface area contributed by atoms with Crippen LogP contribution in [0.4, 0.5) is 0 Å². The minimum Gasteiger partial charge on any atom is -0.619 e. The molecule has 2 aromatic heterocycles. The minimum absolute atomic E-state index is 0.0672. The zero-order valence-electron chi connectivity index (χ0n) is 25.6. The van der Waals surface area contributed by atoms with Crippen molar-refractivity contribution in [2.24, 2.45) is 0 Å². The van der Waals surface area contributed by atoms with E-state index < -0.39 is 28.0 Å². The Morgan fingerprint density at radius 1 is 1.00 bits per heavy atom. The number of phenols is 1. The van der Waals surface area contributed by atoms with Crippen molar-refractivity contribution >= 4 is 45.4 Å². The first kappa shape index (κ1) is 34.3. The molecular formula is C30H34ClN7O7S. The van der Waals surface area contributed by atoms with Crippen LogP contribution in [0, 0.1) is 5.21 Å². The zero-order chi connectivity index (χ0) is 33.8. The van der Waals surface area contributed by atoms with Crippen molar-refractivity contribution < 1.29 is 32.6 Å². The Bertz CT molecular complexity index is 1700. The number of phenolic OH excluding ortho intramolecular Hbond substituents is 1. The lowest BCUT2D eigenvalue weighted by Crippen LogP contribution is -2.62. The average molecular weight is 672 g/mol. The highest BCUT2D eigenvalue weighted by Gasteiger charge is 2.43. The van der Waals surface area contributed by atoms with E-state index in [0.717, 1.165) is 9.71 Å². The van der Waals surface area contributed by atoms with Crippen molar-refractivity contribution in [2.45, 2.75) is 24.9 Å². The average Bonchev–Trinajstić information content (AvgIpc) is 3.00. The van der Waals surface area contributed by atoms with Gasteiger partial charge in [-0.05, 0) is 24.3 Å². The van der Waals surface area contributed by atoms with Crippen molar-refractivity contribution in [3.8, 4) is 17.1 Å². The monoisotopic (exact) mass is 671 g/mol. The van der Waals surface area contributed by atoms with Gasteiger partial charge in [-0.1, -0.05) is 11.6 Å². The van der Waals surface area contributed by atoms with E-state index in [1.54, 1.807) is 28.2 Å². The molecule has 0 bridgehead atoms. The number of rotatable bonds is 9. The fourth-order valence-corrected chi connectivity index (χ4v) is 6.27. The maximum absolute atomic E-state index is 14.1. The number of halogens is 1. The molecule has 244 valence electrons. The van der Waals surface area contributed by atoms with Crippen molar-refractivity contribution in [2.75, 3.05) is 41.3 Å². The molecule has 3 heterocycles. The van der Waals surface area contributed by atoms with Gasteiger partial charge in [0.05, 0.1) is 17.6 Å². The lowest BCUT2D eigenvalue weighted by molar-refractivity contribution is -0.605. The van der Waals surface area contributed by atoms with E-state index in [1.807, 2.05) is 0 Å². The Hall–Kier alpha value is -4.60. The molecule has 1 N–H and O–H groups in total. The number of hydrogen-bond acceptors (Lipinski definition) is 9. The molecule has 4 rings (SSSR count). The van der Waals surface area contributed by atoms with Gasteiger partial charge in [0, 0.05) is 100 Å². The summed E-state index contributed by atoms with van der Waals surface area (Å²) in [5.74, 6) is -1.23. The summed E-state index contributed by atoms with van der Waals surface area (Å²) in [4.78, 5) is 52.6. The first-order valence-corrected chi connectivity index (χ1v) is 16.0. The number of benzene rings is 1. The smallest absolute Gasteiger partial charge is 0.257 e. The summed E-state index contributed by atoms with van der Waals surface area (Å²) in [6.45, 7) is -0.481. The van der Waals surface area contributed by atoms with E-state index in [4.69, 9.17) is 11.6 Å². The van der Waals surface area contributed by atoms with Gasteiger partial charge in [0.15, 0.2) is 18.2 Å². The second-order valence-corrected chi connectivity index (χ2v) is 13.4. The third kappa shape index (κ3) is 8.16. The van der Waals surface area contributed by atoms with Crippen LogP contribution in [-0.2, 0) is 19.6 Å². The van der Waals surface area contributed by atoms with Gasteiger partial charge in [-0.2, -0.15) is 9.04 Å². The molecule has 0 spiro atoms. The number of carbonyl (C=O) groups excluding carboxylic acids is 3. The molecule has 1 aliphatic rings. The van der Waals surface area contributed by atoms with E-state index >= 15 is 0 Å². The Balaban J connectivity index is 1.71. The zero-order valence-corrected chi connectivity index (χ0v) is 27.2. The van der Waals surface area contributed by atoms with Crippen LogP contribution in [0.25, 0.3) is 17.5 Å². The van der Waals surface area contributed by atoms with Gasteiger partial charge in [0.25, 0.3) is 5.91 Å². The molecule has 1 saturated heterocycles. The van der Waals surface area contributed by atoms with Crippen molar-refractivity contribution in [1.29, 1.82) is 0 Å². The molecule has 3 amide bonds. The van der Waals surface area contributed by atoms with E-state index in [-0.39, 0.29) is 65.5 Å². The van der Waals surface area contributed by atoms with Crippen LogP contribution in [0.15, 0.2) is 60.5 Å². The molecule has 46 heavy (non-hydrogen) atoms. The minimum atomic E-state index is -4.17. The molecule has 3 aromatic rings. The number of nitrogens with zero attached hydrogens (tertiary/aromatic N) is 7. The van der Waals surface area contributed by atoms with Crippen LogP contribution in [0.2, 0.25) is 5.02 Å². The first-order chi connectivity index (χ1) is 21.7. The van der Waals surface area contributed by atoms with Gasteiger partial charge < -0.3 is 25.0 Å². The summed E-state index contributed by atoms with van der Waals surface area (Å²) in [7, 11) is 2.02. The van der Waals surface area contributed by atoms with E-state index in [9.17, 15) is 33.1 Å². The Morgan fingerprint density at radius 3 is 2.04 bits per heavy atom. The van der Waals surface area contributed by atoms with E-state index in [1.165, 1.54) is 75.9 Å². The largest absolute Gasteiger partial charge is 0.619 e. The van der Waals surface area contributed by atoms with E-state index in [2.05, 4.69) is 9.97 Å². The number of amides is 3. The second kappa shape index (κ2) is 14.2. The maximum atomic E-state index is 14.1. The van der Waals surface area contributed by atoms with Gasteiger partial charge in [0.1, 0.15) is 5.75 Å². The van der Waals surface area contributed by atoms with Crippen LogP contribution in [0.1, 0.15) is 28.8 Å². The molecule has 0 saturated carbocycles. The molecule has 1 aromatic carbocycles. The fourth-order valence-electron chi connectivity index (χ4n) is 4.85. The number of carbonyl (C=O) groups is 3. The Kier molecular flexibility index (Phi) is 10.6. The Morgan fingerprint density at radius 2 is 1.54 bits per heavy atom. The van der Waals surface area contributed by atoms with Gasteiger partial charge in [-0.3, -0.25) is 14.4 Å². The lowest BCUT2D eigenvalue weighted by atomic mass is 10.00. The SMILES string of the molecule is CN(C)C(=O)CC1CN(S(=O)(=O)C=Cc2ccc(Cl)cc2O)CC(CC(=O)N(C)C)N1C(=O)c1cnc(-c2cc[n+]([O-])cc2)nc1. The number of aromatic nitrogens is 3. The second-order valence-electron chi connectivity index (χ2n) is 11.1. The molecular weight excluding hydrogens is 638 g/mol. The maximum Gasteiger partial charge on any atom is 0.257 e. The highest BCUT2D eigenvalue weighted by Crippen LogP contribution is 2.28. The standard InChI is InChI=1S/C30H34ClN7O7S/c1-34(2)27(40)14-24-18-37(46(44,45)12-9-20-5-6-23(31)13-26(20)39)19-25(15-28(41)35(3)4)38(24)30(42)22-16-32-29(33-17-22)21-7-10-36(43)11-8-21/h5-13,16-17,24-25,39H,14-15,18-19H2,1-4H3. The number of pyridine rings is 1. The molecule has 0 aliphatic carbocycles. The molecule has 16 heteroatoms. The number of hydrogen-bond donors (Lipinski definition) is 1. The lowest BCUT2D eigenvalue weighted by Gasteiger charge is -2.46. The first-order valence-electron chi connectivity index (χ1n) is 14.1. The molecule has 2 unspecified atom stereocenters. The van der Waals surface area contributed by atoms with E-state index in [0.29, 0.717) is 10.3 Å². The predicted molar refractivity (Wildman–Crippen MR) is 169 cm³/mol. The Labute approximate surface area is 271 Å². The summed E-state index contributed by atoms with van der Waals surface area (Å²) in [5, 5.41) is 22.8. The van der Waals surface area contributed by atoms with Crippen LogP contribution in [0.5, 0.6) is 5.75 Å². The normalized spacial score (nSPS) is 17.2. The van der Waals surface area contributed by atoms with Crippen LogP contribution >= 0.6 is 11.6 Å². The summed E-state index contributed by atoms with van der Waals surface area (Å²) in [6, 6.07) is 5.38. The molecule has 1 fully saturated rings. The number of aromatic hydroxyl groups is 1. The van der Waals surface area contributed by atoms with Crippen LogP contribution < -0.4 is 4.73 Å². The molecule has 2 atom stereocenters. The molecule has 0 radical (unpaired) electrons. The van der Waals surface area contributed by atoms with Crippen molar-refractivity contribution in [3.05, 3.63) is 81.9 Å². The molecule has 14 nitrogen and oxygen atoms in total. The summed E-state index contributed by atoms with van der Waals surface area (Å²) in [5.41, 5.74) is 0.832. The summed E-state index contributed by atoms with van der Waals surface area (Å²) < 4.78 is 28.9. The van der Waals surface area contributed by atoms with Gasteiger partial charge in [-0.15, -0.1) is 0 Å². The molecule has 1 aliphatic heterocycles. The van der Waals surface area contributed by atoms with Crippen molar-refractivity contribution in [1.82, 2.24) is 29.0 Å². The highest BCUT2D eigenvalue weighted by molar-refractivity contribution is 7.92. The highest BCUT2D eigenvalue weighted by atomic mass is 35.5. The topological polar surface area (TPSA) is 171 Å². The fraction of sp³-hybridized carbons (Fsp3) is 0.333. The van der Waals surface area contributed by atoms with Gasteiger partial charge in [-0.25, -0.2) is 18.4 Å². The van der Waals surface area contributed by atoms with Gasteiger partial charge >= 0.3 is 0 Å². The predicted octanol–water partition coefficient (Wildman–Crippen LogP) is 1.59. The number of sulfonamides is 1. The third-order valence-electron chi connectivity index (χ3n) is 7.40. The third-order valence-corrected chi connectivity index (χ3v) is 9.13. The summed E-state index contributed by atoms with van der Waals surface area (Å²) in [6.07, 6.45) is 5.97. The quantitative estimate of drug-likeness (QED) is 0.262. The number of piperazine rings is 1. The van der Waals surface area contributed by atoms with Crippen molar-refractivity contribution in [3.63, 3.8) is 0 Å². The van der Waals surface area contributed by atoms with Crippen LogP contribution in [0.3, 0.4) is 0 Å². The van der Waals surface area contributed by atoms with Crippen LogP contribution in [-0.4, -0.2) is 114 Å².